The van der Waals surface area contributed by atoms with Gasteiger partial charge in [0.25, 0.3) is 0 Å². The molecule has 0 aromatic carbocycles. The van der Waals surface area contributed by atoms with Crippen LogP contribution >= 0.6 is 24.0 Å². The molecule has 0 amide bonds. The summed E-state index contributed by atoms with van der Waals surface area (Å²) in [6.45, 7) is 0. The predicted octanol–water partition coefficient (Wildman–Crippen LogP) is 3.32. The van der Waals surface area contributed by atoms with Crippen LogP contribution in [0.25, 0.3) is 11.1 Å². The number of nitrogens with zero attached hydrogens (tertiary/aromatic N) is 2. The average molecular weight is 249 g/mol. The number of nitrogens with one attached hydrogen (secondary N) is 1. The Labute approximate surface area is 101 Å². The summed E-state index contributed by atoms with van der Waals surface area (Å²) in [6, 6.07) is 5.57. The van der Waals surface area contributed by atoms with Crippen molar-refractivity contribution in [2.75, 3.05) is 5.32 Å². The summed E-state index contributed by atoms with van der Waals surface area (Å²) in [5.41, 5.74) is 3.32. The van der Waals surface area contributed by atoms with Crippen LogP contribution in [0.1, 0.15) is 0 Å². The smallest absolute Gasteiger partial charge is 0.200 e. The SMILES string of the molecule is Sc1ncsc1Nc1cc2ncccc2o1. The van der Waals surface area contributed by atoms with Crippen LogP contribution in [-0.4, -0.2) is 9.97 Å². The van der Waals surface area contributed by atoms with Gasteiger partial charge in [0.05, 0.1) is 5.51 Å². The molecule has 3 aromatic rings. The van der Waals surface area contributed by atoms with Gasteiger partial charge in [0.1, 0.15) is 15.5 Å². The van der Waals surface area contributed by atoms with Crippen LogP contribution in [0.4, 0.5) is 10.9 Å². The molecule has 0 aliphatic rings. The Kier molecular flexibility index (Phi) is 2.30. The molecule has 0 spiro atoms. The number of hydrogen-bond donors (Lipinski definition) is 2. The highest BCUT2D eigenvalue weighted by Crippen LogP contribution is 2.29. The molecule has 0 aliphatic heterocycles. The lowest BCUT2D eigenvalue weighted by atomic mass is 10.4. The van der Waals surface area contributed by atoms with Gasteiger partial charge in [-0.2, -0.15) is 0 Å². The first kappa shape index (κ1) is 9.68. The molecule has 3 rings (SSSR count). The van der Waals surface area contributed by atoms with Gasteiger partial charge in [0.2, 0.25) is 5.88 Å². The fraction of sp³-hybridized carbons (Fsp3) is 0. The van der Waals surface area contributed by atoms with Crippen molar-refractivity contribution < 1.29 is 4.42 Å². The molecule has 3 aromatic heterocycles. The first-order valence-corrected chi connectivity index (χ1v) is 5.89. The third-order valence-electron chi connectivity index (χ3n) is 2.07. The minimum atomic E-state index is 0.647. The average Bonchev–Trinajstić information content (AvgIpc) is 2.85. The second-order valence-electron chi connectivity index (χ2n) is 3.13. The van der Waals surface area contributed by atoms with Gasteiger partial charge in [0, 0.05) is 12.3 Å². The number of anilines is 2. The minimum absolute atomic E-state index is 0.647. The van der Waals surface area contributed by atoms with Gasteiger partial charge in [-0.25, -0.2) is 4.98 Å². The summed E-state index contributed by atoms with van der Waals surface area (Å²) in [7, 11) is 0. The van der Waals surface area contributed by atoms with E-state index in [2.05, 4.69) is 27.9 Å². The highest BCUT2D eigenvalue weighted by Gasteiger charge is 2.07. The maximum absolute atomic E-state index is 5.57. The number of furan rings is 1. The summed E-state index contributed by atoms with van der Waals surface area (Å²) < 4.78 is 5.57. The third kappa shape index (κ3) is 1.66. The van der Waals surface area contributed by atoms with Crippen molar-refractivity contribution >= 4 is 46.0 Å². The van der Waals surface area contributed by atoms with Gasteiger partial charge in [-0.05, 0) is 12.1 Å². The Morgan fingerprint density at radius 3 is 3.06 bits per heavy atom. The summed E-state index contributed by atoms with van der Waals surface area (Å²) in [5, 5.41) is 4.64. The van der Waals surface area contributed by atoms with E-state index in [1.54, 1.807) is 11.7 Å². The predicted molar refractivity (Wildman–Crippen MR) is 66.7 cm³/mol. The minimum Gasteiger partial charge on any atom is -0.439 e. The summed E-state index contributed by atoms with van der Waals surface area (Å²) >= 11 is 5.70. The van der Waals surface area contributed by atoms with Crippen LogP contribution in [0, 0.1) is 0 Å². The second-order valence-corrected chi connectivity index (χ2v) is 4.41. The Morgan fingerprint density at radius 2 is 2.31 bits per heavy atom. The molecule has 6 heteroatoms. The van der Waals surface area contributed by atoms with Gasteiger partial charge >= 0.3 is 0 Å². The van der Waals surface area contributed by atoms with Crippen molar-refractivity contribution in [3.8, 4) is 0 Å². The van der Waals surface area contributed by atoms with Gasteiger partial charge in [0.15, 0.2) is 5.58 Å². The van der Waals surface area contributed by atoms with Gasteiger partial charge in [-0.15, -0.1) is 24.0 Å². The zero-order valence-electron chi connectivity index (χ0n) is 8.04. The van der Waals surface area contributed by atoms with Gasteiger partial charge < -0.3 is 9.73 Å². The number of aromatic nitrogens is 2. The van der Waals surface area contributed by atoms with Crippen molar-refractivity contribution in [3.05, 3.63) is 29.9 Å². The van der Waals surface area contributed by atoms with Crippen molar-refractivity contribution in [1.82, 2.24) is 9.97 Å². The summed E-state index contributed by atoms with van der Waals surface area (Å²) in [5.74, 6) is 0.647. The number of thiol groups is 1. The third-order valence-corrected chi connectivity index (χ3v) is 3.31. The van der Waals surface area contributed by atoms with E-state index in [9.17, 15) is 0 Å². The first-order chi connectivity index (χ1) is 7.83. The normalized spacial score (nSPS) is 10.8. The number of fused-ring (bicyclic) bond motifs is 1. The highest BCUT2D eigenvalue weighted by molar-refractivity contribution is 7.80. The maximum atomic E-state index is 5.57. The molecule has 80 valence electrons. The molecule has 0 atom stereocenters. The van der Waals surface area contributed by atoms with Crippen LogP contribution in [0.3, 0.4) is 0 Å². The number of hydrogen-bond acceptors (Lipinski definition) is 6. The fourth-order valence-corrected chi connectivity index (χ4v) is 2.30. The lowest BCUT2D eigenvalue weighted by molar-refractivity contribution is 0.634. The van der Waals surface area contributed by atoms with E-state index in [0.29, 0.717) is 10.9 Å². The van der Waals surface area contributed by atoms with E-state index in [0.717, 1.165) is 16.1 Å². The quantitative estimate of drug-likeness (QED) is 0.684. The van der Waals surface area contributed by atoms with Crippen LogP contribution in [0.15, 0.2) is 39.3 Å². The highest BCUT2D eigenvalue weighted by atomic mass is 32.1. The first-order valence-electron chi connectivity index (χ1n) is 4.57. The van der Waals surface area contributed by atoms with E-state index in [-0.39, 0.29) is 0 Å². The van der Waals surface area contributed by atoms with E-state index >= 15 is 0 Å². The van der Waals surface area contributed by atoms with Crippen molar-refractivity contribution in [3.63, 3.8) is 0 Å². The zero-order valence-corrected chi connectivity index (χ0v) is 9.76. The molecule has 0 radical (unpaired) electrons. The summed E-state index contributed by atoms with van der Waals surface area (Å²) in [6.07, 6.45) is 1.73. The molecule has 16 heavy (non-hydrogen) atoms. The van der Waals surface area contributed by atoms with E-state index in [1.807, 2.05) is 18.2 Å². The Bertz CT molecular complexity index is 599. The van der Waals surface area contributed by atoms with Gasteiger partial charge in [-0.1, -0.05) is 0 Å². The Balaban J connectivity index is 1.98. The number of pyridine rings is 1. The lowest BCUT2D eigenvalue weighted by Crippen LogP contribution is -1.84. The molecule has 4 nitrogen and oxygen atoms in total. The van der Waals surface area contributed by atoms with E-state index < -0.39 is 0 Å². The van der Waals surface area contributed by atoms with E-state index in [4.69, 9.17) is 4.42 Å². The molecule has 0 aliphatic carbocycles. The molecular weight excluding hydrogens is 242 g/mol. The monoisotopic (exact) mass is 249 g/mol. The van der Waals surface area contributed by atoms with Crippen LogP contribution < -0.4 is 5.32 Å². The van der Waals surface area contributed by atoms with E-state index in [1.165, 1.54) is 11.3 Å². The molecule has 0 saturated carbocycles. The van der Waals surface area contributed by atoms with Crippen molar-refractivity contribution in [2.24, 2.45) is 0 Å². The molecule has 0 bridgehead atoms. The summed E-state index contributed by atoms with van der Waals surface area (Å²) in [4.78, 5) is 8.22. The fourth-order valence-electron chi connectivity index (χ4n) is 1.37. The lowest BCUT2D eigenvalue weighted by Gasteiger charge is -1.97. The standard InChI is InChI=1S/C10H7N3OS2/c15-9-10(16-5-12-9)13-8-4-6-7(14-8)2-1-3-11-6/h1-5,13,15H. The van der Waals surface area contributed by atoms with Crippen molar-refractivity contribution in [1.29, 1.82) is 0 Å². The Morgan fingerprint density at radius 1 is 1.38 bits per heavy atom. The maximum Gasteiger partial charge on any atom is 0.200 e. The largest absolute Gasteiger partial charge is 0.439 e. The van der Waals surface area contributed by atoms with Crippen LogP contribution in [0.2, 0.25) is 0 Å². The van der Waals surface area contributed by atoms with Crippen LogP contribution in [0.5, 0.6) is 0 Å². The topological polar surface area (TPSA) is 51.0 Å². The van der Waals surface area contributed by atoms with Gasteiger partial charge in [-0.3, -0.25) is 4.98 Å². The zero-order chi connectivity index (χ0) is 11.0. The Hall–Kier alpha value is -1.53. The molecule has 1 N–H and O–H groups in total. The second kappa shape index (κ2) is 3.80. The molecule has 0 unspecified atom stereocenters. The number of rotatable bonds is 2. The number of thiazole rings is 1. The molecular formula is C10H7N3OS2. The molecule has 3 heterocycles. The van der Waals surface area contributed by atoms with Crippen molar-refractivity contribution in [2.45, 2.75) is 5.03 Å². The molecule has 0 saturated heterocycles. The molecule has 0 fully saturated rings. The van der Waals surface area contributed by atoms with Crippen LogP contribution in [-0.2, 0) is 0 Å².